The highest BCUT2D eigenvalue weighted by Gasteiger charge is 2.03. The van der Waals surface area contributed by atoms with Crippen molar-refractivity contribution in [3.63, 3.8) is 0 Å². The van der Waals surface area contributed by atoms with E-state index in [1.807, 2.05) is 26.1 Å². The van der Waals surface area contributed by atoms with Crippen LogP contribution in [0, 0.1) is 0 Å². The molecule has 0 saturated carbocycles. The van der Waals surface area contributed by atoms with Gasteiger partial charge in [0, 0.05) is 25.0 Å². The minimum Gasteiger partial charge on any atom is -0.377 e. The van der Waals surface area contributed by atoms with Crippen LogP contribution in [0.5, 0.6) is 0 Å². The predicted molar refractivity (Wildman–Crippen MR) is 61.7 cm³/mol. The van der Waals surface area contributed by atoms with E-state index < -0.39 is 0 Å². The van der Waals surface area contributed by atoms with E-state index in [0.29, 0.717) is 12.1 Å². The molecule has 3 nitrogen and oxygen atoms in total. The Morgan fingerprint density at radius 1 is 1.40 bits per heavy atom. The van der Waals surface area contributed by atoms with Gasteiger partial charge in [0.25, 0.3) is 0 Å². The van der Waals surface area contributed by atoms with Gasteiger partial charge in [-0.2, -0.15) is 0 Å². The van der Waals surface area contributed by atoms with Gasteiger partial charge in [0.05, 0.1) is 12.7 Å². The molecular formula is C12H20N2O. The Morgan fingerprint density at radius 2 is 2.20 bits per heavy atom. The summed E-state index contributed by atoms with van der Waals surface area (Å²) in [4.78, 5) is 4.09. The van der Waals surface area contributed by atoms with Crippen LogP contribution in [-0.2, 0) is 4.74 Å². The van der Waals surface area contributed by atoms with Crippen molar-refractivity contribution in [2.45, 2.75) is 32.9 Å². The summed E-state index contributed by atoms with van der Waals surface area (Å²) in [5.74, 6) is 0. The molecule has 0 unspecified atom stereocenters. The van der Waals surface area contributed by atoms with E-state index in [1.165, 1.54) is 5.56 Å². The molecule has 1 rings (SSSR count). The van der Waals surface area contributed by atoms with Gasteiger partial charge in [0.2, 0.25) is 0 Å². The zero-order chi connectivity index (χ0) is 11.1. The minimum atomic E-state index is 0.306. The van der Waals surface area contributed by atoms with Crippen LogP contribution in [0.25, 0.3) is 0 Å². The van der Waals surface area contributed by atoms with Crippen molar-refractivity contribution in [3.05, 3.63) is 30.1 Å². The quantitative estimate of drug-likeness (QED) is 0.727. The highest BCUT2D eigenvalue weighted by Crippen LogP contribution is 2.08. The predicted octanol–water partition coefficient (Wildman–Crippen LogP) is 2.16. The van der Waals surface area contributed by atoms with Crippen LogP contribution in [-0.4, -0.2) is 24.2 Å². The normalized spacial score (nSPS) is 13.1. The molecule has 0 radical (unpaired) electrons. The lowest BCUT2D eigenvalue weighted by Crippen LogP contribution is -2.24. The van der Waals surface area contributed by atoms with Crippen LogP contribution in [0.15, 0.2) is 24.5 Å². The maximum Gasteiger partial charge on any atom is 0.0594 e. The van der Waals surface area contributed by atoms with Crippen LogP contribution in [0.3, 0.4) is 0 Å². The van der Waals surface area contributed by atoms with E-state index in [2.05, 4.69) is 23.3 Å². The van der Waals surface area contributed by atoms with E-state index >= 15 is 0 Å². The fourth-order valence-electron chi connectivity index (χ4n) is 1.32. The summed E-state index contributed by atoms with van der Waals surface area (Å²) in [7, 11) is 0. The number of nitrogens with one attached hydrogen (secondary N) is 1. The molecule has 1 heterocycles. The number of aromatic nitrogens is 1. The van der Waals surface area contributed by atoms with Gasteiger partial charge in [-0.15, -0.1) is 0 Å². The first-order chi connectivity index (χ1) is 7.20. The van der Waals surface area contributed by atoms with E-state index in [0.717, 1.165) is 13.2 Å². The van der Waals surface area contributed by atoms with E-state index in [9.17, 15) is 0 Å². The summed E-state index contributed by atoms with van der Waals surface area (Å²) < 4.78 is 5.45. The Hall–Kier alpha value is -0.930. The molecule has 0 aliphatic rings. The fourth-order valence-corrected chi connectivity index (χ4v) is 1.32. The maximum atomic E-state index is 5.45. The van der Waals surface area contributed by atoms with Crippen molar-refractivity contribution < 1.29 is 4.74 Å². The molecule has 1 aromatic rings. The summed E-state index contributed by atoms with van der Waals surface area (Å²) in [5.41, 5.74) is 1.21. The second-order valence-corrected chi connectivity index (χ2v) is 3.88. The summed E-state index contributed by atoms with van der Waals surface area (Å²) in [6.45, 7) is 7.85. The lowest BCUT2D eigenvalue weighted by Gasteiger charge is -2.14. The molecule has 0 amide bonds. The molecule has 0 aromatic carbocycles. The smallest absolute Gasteiger partial charge is 0.0594 e. The first-order valence-electron chi connectivity index (χ1n) is 5.45. The average Bonchev–Trinajstić information content (AvgIpc) is 2.25. The third-order valence-corrected chi connectivity index (χ3v) is 2.19. The molecule has 84 valence electrons. The van der Waals surface area contributed by atoms with E-state index in [4.69, 9.17) is 4.74 Å². The average molecular weight is 208 g/mol. The number of rotatable bonds is 6. The van der Waals surface area contributed by atoms with Crippen LogP contribution in [0.1, 0.15) is 32.4 Å². The van der Waals surface area contributed by atoms with Crippen molar-refractivity contribution in [2.75, 3.05) is 13.2 Å². The zero-order valence-electron chi connectivity index (χ0n) is 9.73. The second-order valence-electron chi connectivity index (χ2n) is 3.88. The van der Waals surface area contributed by atoms with Crippen LogP contribution in [0.4, 0.5) is 0 Å². The van der Waals surface area contributed by atoms with Crippen molar-refractivity contribution in [1.29, 1.82) is 0 Å². The molecule has 15 heavy (non-hydrogen) atoms. The zero-order valence-corrected chi connectivity index (χ0v) is 9.73. The van der Waals surface area contributed by atoms with E-state index in [-0.39, 0.29) is 0 Å². The lowest BCUT2D eigenvalue weighted by atomic mass is 10.1. The van der Waals surface area contributed by atoms with Crippen LogP contribution in [0.2, 0.25) is 0 Å². The van der Waals surface area contributed by atoms with Crippen molar-refractivity contribution in [2.24, 2.45) is 0 Å². The molecule has 0 fully saturated rings. The topological polar surface area (TPSA) is 34.1 Å². The van der Waals surface area contributed by atoms with Gasteiger partial charge in [-0.1, -0.05) is 6.07 Å². The number of pyridine rings is 1. The first kappa shape index (κ1) is 12.1. The van der Waals surface area contributed by atoms with Gasteiger partial charge in [-0.3, -0.25) is 4.98 Å². The number of hydrogen-bond acceptors (Lipinski definition) is 3. The van der Waals surface area contributed by atoms with Crippen molar-refractivity contribution >= 4 is 0 Å². The molecular weight excluding hydrogens is 188 g/mol. The van der Waals surface area contributed by atoms with Gasteiger partial charge in [-0.25, -0.2) is 0 Å². The number of nitrogens with zero attached hydrogens (tertiary/aromatic N) is 1. The molecule has 0 spiro atoms. The van der Waals surface area contributed by atoms with E-state index in [1.54, 1.807) is 6.20 Å². The molecule has 1 atom stereocenters. The summed E-state index contributed by atoms with van der Waals surface area (Å²) in [6.07, 6.45) is 3.99. The molecule has 3 heteroatoms. The molecule has 0 aliphatic carbocycles. The van der Waals surface area contributed by atoms with Crippen molar-refractivity contribution in [3.8, 4) is 0 Å². The molecule has 0 aliphatic heterocycles. The van der Waals surface area contributed by atoms with Gasteiger partial charge in [0.15, 0.2) is 0 Å². The van der Waals surface area contributed by atoms with Gasteiger partial charge in [0.1, 0.15) is 0 Å². The minimum absolute atomic E-state index is 0.306. The Balaban J connectivity index is 2.22. The van der Waals surface area contributed by atoms with Crippen LogP contribution < -0.4 is 5.32 Å². The Kier molecular flexibility index (Phi) is 5.29. The summed E-state index contributed by atoms with van der Waals surface area (Å²) in [6, 6.07) is 4.36. The fraction of sp³-hybridized carbons (Fsp3) is 0.583. The SMILES string of the molecule is CC(C)OCCN[C@H](C)c1cccnc1. The molecule has 1 N–H and O–H groups in total. The number of ether oxygens (including phenoxy) is 1. The molecule has 0 bridgehead atoms. The number of hydrogen-bond donors (Lipinski definition) is 1. The lowest BCUT2D eigenvalue weighted by molar-refractivity contribution is 0.0796. The Morgan fingerprint density at radius 3 is 2.80 bits per heavy atom. The van der Waals surface area contributed by atoms with Gasteiger partial charge >= 0.3 is 0 Å². The molecule has 0 saturated heterocycles. The highest BCUT2D eigenvalue weighted by atomic mass is 16.5. The Bertz CT molecular complexity index is 262. The standard InChI is InChI=1S/C12H20N2O/c1-10(2)15-8-7-14-11(3)12-5-4-6-13-9-12/h4-6,9-11,14H,7-8H2,1-3H3/t11-/m1/s1. The van der Waals surface area contributed by atoms with Gasteiger partial charge < -0.3 is 10.1 Å². The summed E-state index contributed by atoms with van der Waals surface area (Å²) >= 11 is 0. The second kappa shape index (κ2) is 6.53. The Labute approximate surface area is 91.9 Å². The highest BCUT2D eigenvalue weighted by molar-refractivity contribution is 5.12. The first-order valence-corrected chi connectivity index (χ1v) is 5.45. The van der Waals surface area contributed by atoms with Crippen LogP contribution >= 0.6 is 0 Å². The summed E-state index contributed by atoms with van der Waals surface area (Å²) in [5, 5.41) is 3.39. The molecule has 1 aromatic heterocycles. The third kappa shape index (κ3) is 4.91. The third-order valence-electron chi connectivity index (χ3n) is 2.19. The van der Waals surface area contributed by atoms with Crippen molar-refractivity contribution in [1.82, 2.24) is 10.3 Å². The largest absolute Gasteiger partial charge is 0.377 e. The van der Waals surface area contributed by atoms with Gasteiger partial charge in [-0.05, 0) is 32.4 Å². The monoisotopic (exact) mass is 208 g/mol. The maximum absolute atomic E-state index is 5.45.